The Bertz CT molecular complexity index is 994. The average Bonchev–Trinajstić information content (AvgIpc) is 3.17. The van der Waals surface area contributed by atoms with Gasteiger partial charge in [0, 0.05) is 23.6 Å². The Hall–Kier alpha value is -2.83. The van der Waals surface area contributed by atoms with E-state index in [0.717, 1.165) is 42.2 Å². The summed E-state index contributed by atoms with van der Waals surface area (Å²) in [5.74, 6) is -0.925. The molecule has 7 nitrogen and oxygen atoms in total. The molecule has 1 fully saturated rings. The topological polar surface area (TPSA) is 97.0 Å². The predicted molar refractivity (Wildman–Crippen MR) is 102 cm³/mol. The van der Waals surface area contributed by atoms with Crippen LogP contribution >= 0.6 is 0 Å². The third-order valence-electron chi connectivity index (χ3n) is 5.68. The van der Waals surface area contributed by atoms with Crippen molar-refractivity contribution in [1.29, 1.82) is 0 Å². The summed E-state index contributed by atoms with van der Waals surface area (Å²) in [7, 11) is 0. The molecule has 4 rings (SSSR count). The summed E-state index contributed by atoms with van der Waals surface area (Å²) >= 11 is 0. The van der Waals surface area contributed by atoms with Gasteiger partial charge in [-0.05, 0) is 63.1 Å². The monoisotopic (exact) mass is 385 g/mol. The minimum absolute atomic E-state index is 0.301. The molecule has 0 bridgehead atoms. The van der Waals surface area contributed by atoms with Crippen molar-refractivity contribution in [2.24, 2.45) is 0 Å². The molecule has 1 N–H and O–H groups in total. The number of hydrogen-bond donors (Lipinski definition) is 1. The van der Waals surface area contributed by atoms with Crippen LogP contribution in [-0.2, 0) is 22.4 Å². The van der Waals surface area contributed by atoms with Crippen LogP contribution in [0.15, 0.2) is 27.4 Å². The Kier molecular flexibility index (Phi) is 4.83. The Balaban J connectivity index is 1.57. The summed E-state index contributed by atoms with van der Waals surface area (Å²) in [5, 5.41) is 10.2. The number of ether oxygens (including phenoxy) is 1. The van der Waals surface area contributed by atoms with Crippen LogP contribution in [0.1, 0.15) is 43.7 Å². The molecule has 1 aliphatic carbocycles. The number of amides is 1. The molecule has 7 heteroatoms. The molecular weight excluding hydrogens is 362 g/mol. The molecule has 0 radical (unpaired) electrons. The lowest BCUT2D eigenvalue weighted by Gasteiger charge is -2.25. The van der Waals surface area contributed by atoms with Crippen LogP contribution in [0.2, 0.25) is 0 Å². The van der Waals surface area contributed by atoms with Crippen molar-refractivity contribution in [2.75, 3.05) is 6.54 Å². The molecule has 1 aliphatic heterocycles. The number of likely N-dealkylation sites (tertiary alicyclic amines) is 1. The van der Waals surface area contributed by atoms with Crippen molar-refractivity contribution in [3.8, 4) is 5.75 Å². The maximum absolute atomic E-state index is 12.6. The van der Waals surface area contributed by atoms with Gasteiger partial charge >= 0.3 is 11.6 Å². The van der Waals surface area contributed by atoms with E-state index in [2.05, 4.69) is 0 Å². The van der Waals surface area contributed by atoms with Crippen molar-refractivity contribution in [1.82, 2.24) is 4.90 Å². The lowest BCUT2D eigenvalue weighted by atomic mass is 9.91. The van der Waals surface area contributed by atoms with Crippen molar-refractivity contribution in [3.63, 3.8) is 0 Å². The van der Waals surface area contributed by atoms with E-state index in [-0.39, 0.29) is 11.5 Å². The van der Waals surface area contributed by atoms with Gasteiger partial charge in [0.05, 0.1) is 0 Å². The standard InChI is InChI=1S/C21H23NO6/c1-12(19(23)22-10-4-7-17(22)20(24)25)27-13-8-9-15-14-5-2-3-6-16(14)21(26)28-18(15)11-13/h8-9,11-12,17H,2-7,10H2,1H3,(H,24,25)/t12?,17-/m1/s1. The zero-order valence-electron chi connectivity index (χ0n) is 15.8. The molecule has 2 aromatic rings. The third kappa shape index (κ3) is 3.25. The SMILES string of the molecule is CC(Oc1ccc2c3c(c(=O)oc2c1)CCCC3)C(=O)N1CCC[C@@H]1C(=O)O. The molecule has 1 saturated heterocycles. The minimum Gasteiger partial charge on any atom is -0.481 e. The van der Waals surface area contributed by atoms with Gasteiger partial charge < -0.3 is 19.2 Å². The maximum atomic E-state index is 12.6. The second-order valence-corrected chi connectivity index (χ2v) is 7.50. The first-order valence-corrected chi connectivity index (χ1v) is 9.74. The average molecular weight is 385 g/mol. The summed E-state index contributed by atoms with van der Waals surface area (Å²) < 4.78 is 11.2. The Labute approximate surface area is 161 Å². The molecule has 148 valence electrons. The third-order valence-corrected chi connectivity index (χ3v) is 5.68. The highest BCUT2D eigenvalue weighted by atomic mass is 16.5. The molecule has 1 aromatic carbocycles. The lowest BCUT2D eigenvalue weighted by Crippen LogP contribution is -2.46. The summed E-state index contributed by atoms with van der Waals surface area (Å²) in [6, 6.07) is 4.47. The van der Waals surface area contributed by atoms with E-state index in [9.17, 15) is 19.5 Å². The van der Waals surface area contributed by atoms with Gasteiger partial charge in [-0.2, -0.15) is 0 Å². The first kappa shape index (κ1) is 18.5. The number of carbonyl (C=O) groups is 2. The van der Waals surface area contributed by atoms with Gasteiger partial charge in [0.15, 0.2) is 6.10 Å². The molecule has 2 atom stereocenters. The van der Waals surface area contributed by atoms with Gasteiger partial charge in [0.1, 0.15) is 17.4 Å². The van der Waals surface area contributed by atoms with E-state index >= 15 is 0 Å². The van der Waals surface area contributed by atoms with Crippen molar-refractivity contribution < 1.29 is 23.8 Å². The number of carboxylic acid groups (broad SMARTS) is 1. The van der Waals surface area contributed by atoms with Crippen molar-refractivity contribution in [2.45, 2.75) is 57.6 Å². The molecule has 2 heterocycles. The highest BCUT2D eigenvalue weighted by molar-refractivity contribution is 5.87. The molecule has 2 aliphatic rings. The molecular formula is C21H23NO6. The minimum atomic E-state index is -0.990. The van der Waals surface area contributed by atoms with E-state index in [1.165, 1.54) is 4.90 Å². The van der Waals surface area contributed by atoms with Gasteiger partial charge in [-0.1, -0.05) is 0 Å². The van der Waals surface area contributed by atoms with E-state index in [4.69, 9.17) is 9.15 Å². The number of benzene rings is 1. The summed E-state index contributed by atoms with van der Waals surface area (Å²) in [4.78, 5) is 37.6. The number of nitrogens with zero attached hydrogens (tertiary/aromatic N) is 1. The van der Waals surface area contributed by atoms with Gasteiger partial charge in [-0.3, -0.25) is 4.79 Å². The highest BCUT2D eigenvalue weighted by Crippen LogP contribution is 2.29. The summed E-state index contributed by atoms with van der Waals surface area (Å²) in [6.07, 6.45) is 3.95. The van der Waals surface area contributed by atoms with E-state index < -0.39 is 18.1 Å². The van der Waals surface area contributed by atoms with Crippen LogP contribution in [0.25, 0.3) is 11.0 Å². The maximum Gasteiger partial charge on any atom is 0.339 e. The van der Waals surface area contributed by atoms with Crippen LogP contribution in [0.5, 0.6) is 5.75 Å². The number of rotatable bonds is 4. The van der Waals surface area contributed by atoms with Gasteiger partial charge in [0.25, 0.3) is 5.91 Å². The fourth-order valence-electron chi connectivity index (χ4n) is 4.27. The van der Waals surface area contributed by atoms with E-state index in [0.29, 0.717) is 30.7 Å². The van der Waals surface area contributed by atoms with Crippen LogP contribution in [-0.4, -0.2) is 40.6 Å². The quantitative estimate of drug-likeness (QED) is 0.813. The van der Waals surface area contributed by atoms with Gasteiger partial charge in [-0.25, -0.2) is 9.59 Å². The first-order valence-electron chi connectivity index (χ1n) is 9.74. The number of hydrogen-bond acceptors (Lipinski definition) is 5. The normalized spacial score (nSPS) is 20.0. The summed E-state index contributed by atoms with van der Waals surface area (Å²) in [5.41, 5.74) is 1.97. The van der Waals surface area contributed by atoms with E-state index in [1.807, 2.05) is 6.07 Å². The van der Waals surface area contributed by atoms with E-state index in [1.54, 1.807) is 19.1 Å². The largest absolute Gasteiger partial charge is 0.481 e. The lowest BCUT2D eigenvalue weighted by molar-refractivity contribution is -0.150. The van der Waals surface area contributed by atoms with Crippen LogP contribution < -0.4 is 10.4 Å². The summed E-state index contributed by atoms with van der Waals surface area (Å²) in [6.45, 7) is 2.02. The number of fused-ring (bicyclic) bond motifs is 3. The van der Waals surface area contributed by atoms with Gasteiger partial charge in [-0.15, -0.1) is 0 Å². The van der Waals surface area contributed by atoms with Crippen molar-refractivity contribution in [3.05, 3.63) is 39.7 Å². The van der Waals surface area contributed by atoms with Crippen LogP contribution in [0.4, 0.5) is 0 Å². The Morgan fingerprint density at radius 1 is 1.21 bits per heavy atom. The molecule has 0 saturated carbocycles. The molecule has 1 amide bonds. The second-order valence-electron chi connectivity index (χ2n) is 7.50. The molecule has 1 aromatic heterocycles. The fraction of sp³-hybridized carbons (Fsp3) is 0.476. The zero-order chi connectivity index (χ0) is 19.8. The fourth-order valence-corrected chi connectivity index (χ4v) is 4.27. The zero-order valence-corrected chi connectivity index (χ0v) is 15.8. The number of aryl methyl sites for hydroxylation is 1. The highest BCUT2D eigenvalue weighted by Gasteiger charge is 2.36. The molecule has 0 spiro atoms. The second kappa shape index (κ2) is 7.30. The van der Waals surface area contributed by atoms with Crippen LogP contribution in [0, 0.1) is 0 Å². The van der Waals surface area contributed by atoms with Gasteiger partial charge in [0.2, 0.25) is 0 Å². The predicted octanol–water partition coefficient (Wildman–Crippen LogP) is 2.51. The number of carbonyl (C=O) groups excluding carboxylic acids is 1. The first-order chi connectivity index (χ1) is 13.5. The van der Waals surface area contributed by atoms with Crippen molar-refractivity contribution >= 4 is 22.8 Å². The smallest absolute Gasteiger partial charge is 0.339 e. The number of carboxylic acids is 1. The molecule has 28 heavy (non-hydrogen) atoms. The van der Waals surface area contributed by atoms with Crippen LogP contribution in [0.3, 0.4) is 0 Å². The Morgan fingerprint density at radius 2 is 1.96 bits per heavy atom. The Morgan fingerprint density at radius 3 is 2.71 bits per heavy atom. The molecule has 1 unspecified atom stereocenters. The number of aliphatic carboxylic acids is 1.